The van der Waals surface area contributed by atoms with Gasteiger partial charge in [-0.15, -0.1) is 0 Å². The molecular weight excluding hydrogens is 239 g/mol. The molecule has 4 aliphatic carbocycles. The summed E-state index contributed by atoms with van der Waals surface area (Å²) in [6, 6.07) is -1.62. The van der Waals surface area contributed by atoms with Gasteiger partial charge in [-0.1, -0.05) is 0 Å². The summed E-state index contributed by atoms with van der Waals surface area (Å²) < 4.78 is 37.4. The van der Waals surface area contributed by atoms with Crippen molar-refractivity contribution >= 4 is 0 Å². The normalized spacial score (nSPS) is 44.3. The molecule has 0 aromatic carbocycles. The van der Waals surface area contributed by atoms with E-state index in [1.165, 1.54) is 38.5 Å². The fourth-order valence-corrected chi connectivity index (χ4v) is 5.22. The van der Waals surface area contributed by atoms with E-state index in [1.54, 1.807) is 0 Å². The highest BCUT2D eigenvalue weighted by molar-refractivity contribution is 5.01. The standard InChI is InChI=1S/C14H22F3N/c15-14(16,17)12(18)1-2-13-6-9-3-10(7-13)5-11(4-9)8-13/h9-12H,1-8,18H2. The van der Waals surface area contributed by atoms with Crippen molar-refractivity contribution in [1.29, 1.82) is 0 Å². The highest BCUT2D eigenvalue weighted by Crippen LogP contribution is 2.61. The van der Waals surface area contributed by atoms with Crippen molar-refractivity contribution in [2.45, 2.75) is 63.6 Å². The summed E-state index contributed by atoms with van der Waals surface area (Å²) in [7, 11) is 0. The van der Waals surface area contributed by atoms with Gasteiger partial charge >= 0.3 is 6.18 Å². The molecule has 1 unspecified atom stereocenters. The Kier molecular flexibility index (Phi) is 2.92. The van der Waals surface area contributed by atoms with Crippen molar-refractivity contribution < 1.29 is 13.2 Å². The maximum atomic E-state index is 12.5. The second kappa shape index (κ2) is 4.12. The molecule has 1 atom stereocenters. The van der Waals surface area contributed by atoms with Crippen LogP contribution < -0.4 is 5.73 Å². The molecule has 18 heavy (non-hydrogen) atoms. The third-order valence-electron chi connectivity index (χ3n) is 5.57. The van der Waals surface area contributed by atoms with E-state index >= 15 is 0 Å². The Morgan fingerprint density at radius 1 is 1.00 bits per heavy atom. The first-order chi connectivity index (χ1) is 8.36. The maximum absolute atomic E-state index is 12.5. The minimum absolute atomic E-state index is 0.121. The predicted octanol–water partition coefficient (Wildman–Crippen LogP) is 3.87. The minimum atomic E-state index is -4.22. The molecule has 0 aliphatic heterocycles. The Morgan fingerprint density at radius 3 is 1.83 bits per heavy atom. The van der Waals surface area contributed by atoms with Crippen LogP contribution in [0, 0.1) is 23.2 Å². The second-order valence-corrected chi connectivity index (χ2v) is 7.10. The molecule has 4 aliphatic rings. The molecule has 104 valence electrons. The Morgan fingerprint density at radius 2 is 1.44 bits per heavy atom. The van der Waals surface area contributed by atoms with Gasteiger partial charge in [0.05, 0.1) is 0 Å². The molecule has 4 bridgehead atoms. The summed E-state index contributed by atoms with van der Waals surface area (Å²) in [5, 5.41) is 0. The Labute approximate surface area is 106 Å². The number of halogens is 3. The first-order valence-electron chi connectivity index (χ1n) is 7.19. The van der Waals surface area contributed by atoms with E-state index in [9.17, 15) is 13.2 Å². The predicted molar refractivity (Wildman–Crippen MR) is 63.9 cm³/mol. The number of hydrogen-bond donors (Lipinski definition) is 1. The Balaban J connectivity index is 1.62. The summed E-state index contributed by atoms with van der Waals surface area (Å²) in [5.41, 5.74) is 5.47. The van der Waals surface area contributed by atoms with E-state index in [2.05, 4.69) is 0 Å². The number of nitrogens with two attached hydrogens (primary N) is 1. The summed E-state index contributed by atoms with van der Waals surface area (Å²) in [6.07, 6.45) is 4.12. The van der Waals surface area contributed by atoms with Crippen LogP contribution in [-0.4, -0.2) is 12.2 Å². The summed E-state index contributed by atoms with van der Waals surface area (Å²) in [4.78, 5) is 0. The van der Waals surface area contributed by atoms with E-state index in [4.69, 9.17) is 5.73 Å². The molecule has 0 radical (unpaired) electrons. The molecule has 4 rings (SSSR count). The van der Waals surface area contributed by atoms with Crippen molar-refractivity contribution in [2.24, 2.45) is 28.9 Å². The van der Waals surface area contributed by atoms with E-state index in [0.717, 1.165) is 17.8 Å². The monoisotopic (exact) mass is 261 g/mol. The van der Waals surface area contributed by atoms with Crippen LogP contribution >= 0.6 is 0 Å². The van der Waals surface area contributed by atoms with Crippen LogP contribution in [0.1, 0.15) is 51.4 Å². The van der Waals surface area contributed by atoms with Crippen LogP contribution in [0.3, 0.4) is 0 Å². The summed E-state index contributed by atoms with van der Waals surface area (Å²) >= 11 is 0. The molecule has 2 N–H and O–H groups in total. The lowest BCUT2D eigenvalue weighted by Crippen LogP contribution is -2.47. The van der Waals surface area contributed by atoms with Gasteiger partial charge in [-0.05, 0) is 74.5 Å². The van der Waals surface area contributed by atoms with Crippen LogP contribution in [0.5, 0.6) is 0 Å². The minimum Gasteiger partial charge on any atom is -0.320 e. The zero-order valence-electron chi connectivity index (χ0n) is 10.7. The average Bonchev–Trinajstić information content (AvgIpc) is 2.22. The molecule has 0 spiro atoms. The lowest BCUT2D eigenvalue weighted by atomic mass is 9.48. The molecule has 0 aromatic heterocycles. The molecule has 4 fully saturated rings. The first-order valence-corrected chi connectivity index (χ1v) is 7.19. The fraction of sp³-hybridized carbons (Fsp3) is 1.00. The van der Waals surface area contributed by atoms with E-state index in [-0.39, 0.29) is 11.8 Å². The quantitative estimate of drug-likeness (QED) is 0.820. The van der Waals surface area contributed by atoms with Gasteiger partial charge in [-0.2, -0.15) is 13.2 Å². The van der Waals surface area contributed by atoms with E-state index in [1.807, 2.05) is 0 Å². The number of hydrogen-bond acceptors (Lipinski definition) is 1. The largest absolute Gasteiger partial charge is 0.403 e. The molecule has 1 nitrogen and oxygen atoms in total. The summed E-state index contributed by atoms with van der Waals surface area (Å²) in [5.74, 6) is 2.41. The van der Waals surface area contributed by atoms with Gasteiger partial charge in [0, 0.05) is 0 Å². The van der Waals surface area contributed by atoms with Gasteiger partial charge < -0.3 is 5.73 Å². The van der Waals surface area contributed by atoms with Crippen molar-refractivity contribution in [1.82, 2.24) is 0 Å². The molecular formula is C14H22F3N. The van der Waals surface area contributed by atoms with Gasteiger partial charge in [0.15, 0.2) is 0 Å². The van der Waals surface area contributed by atoms with Crippen LogP contribution in [0.4, 0.5) is 13.2 Å². The highest BCUT2D eigenvalue weighted by Gasteiger charge is 2.51. The van der Waals surface area contributed by atoms with Crippen LogP contribution in [0.25, 0.3) is 0 Å². The van der Waals surface area contributed by atoms with Gasteiger partial charge in [-0.25, -0.2) is 0 Å². The van der Waals surface area contributed by atoms with Crippen molar-refractivity contribution in [3.05, 3.63) is 0 Å². The highest BCUT2D eigenvalue weighted by atomic mass is 19.4. The molecule has 0 saturated heterocycles. The Hall–Kier alpha value is -0.250. The third kappa shape index (κ3) is 2.28. The van der Waals surface area contributed by atoms with Crippen molar-refractivity contribution in [2.75, 3.05) is 0 Å². The molecule has 4 saturated carbocycles. The summed E-state index contributed by atoms with van der Waals surface area (Å²) in [6.45, 7) is 0. The number of rotatable bonds is 3. The van der Waals surface area contributed by atoms with Gasteiger partial charge in [0.25, 0.3) is 0 Å². The van der Waals surface area contributed by atoms with Gasteiger partial charge in [-0.3, -0.25) is 0 Å². The molecule has 4 heteroatoms. The lowest BCUT2D eigenvalue weighted by Gasteiger charge is -2.57. The topological polar surface area (TPSA) is 26.0 Å². The first kappa shape index (κ1) is 12.8. The van der Waals surface area contributed by atoms with Crippen LogP contribution in [-0.2, 0) is 0 Å². The van der Waals surface area contributed by atoms with Crippen LogP contribution in [0.2, 0.25) is 0 Å². The van der Waals surface area contributed by atoms with Crippen molar-refractivity contribution in [3.63, 3.8) is 0 Å². The van der Waals surface area contributed by atoms with Gasteiger partial charge in [0.1, 0.15) is 6.04 Å². The molecule has 0 aromatic rings. The SMILES string of the molecule is NC(CCC12CC3CC(CC(C3)C1)C2)C(F)(F)F. The molecule has 0 amide bonds. The van der Waals surface area contributed by atoms with Crippen molar-refractivity contribution in [3.8, 4) is 0 Å². The number of alkyl halides is 3. The lowest BCUT2D eigenvalue weighted by molar-refractivity contribution is -0.152. The third-order valence-corrected chi connectivity index (χ3v) is 5.57. The van der Waals surface area contributed by atoms with E-state index in [0.29, 0.717) is 6.42 Å². The zero-order valence-corrected chi connectivity index (χ0v) is 10.7. The zero-order chi connectivity index (χ0) is 13.0. The molecule has 0 heterocycles. The maximum Gasteiger partial charge on any atom is 0.403 e. The van der Waals surface area contributed by atoms with Gasteiger partial charge in [0.2, 0.25) is 0 Å². The smallest absolute Gasteiger partial charge is 0.320 e. The Bertz CT molecular complexity index is 288. The van der Waals surface area contributed by atoms with Crippen LogP contribution in [0.15, 0.2) is 0 Å². The fourth-order valence-electron chi connectivity index (χ4n) is 5.22. The van der Waals surface area contributed by atoms with E-state index < -0.39 is 12.2 Å². The average molecular weight is 261 g/mol. The second-order valence-electron chi connectivity index (χ2n) is 7.10.